The van der Waals surface area contributed by atoms with Crippen molar-refractivity contribution in [2.75, 3.05) is 0 Å². The SMILES string of the molecule is CCCCCCC(Br)c1ccc(C(C)(C)CC)cc1. The maximum absolute atomic E-state index is 3.83. The summed E-state index contributed by atoms with van der Waals surface area (Å²) in [4.78, 5) is 0.517. The van der Waals surface area contributed by atoms with Crippen molar-refractivity contribution in [1.29, 1.82) is 0 Å². The zero-order valence-corrected chi connectivity index (χ0v) is 14.6. The van der Waals surface area contributed by atoms with Gasteiger partial charge in [-0.3, -0.25) is 0 Å². The molecule has 0 spiro atoms. The first-order chi connectivity index (χ1) is 9.01. The molecule has 0 aliphatic rings. The molecular weight excluding hydrogens is 296 g/mol. The smallest absolute Gasteiger partial charge is 0.0395 e. The van der Waals surface area contributed by atoms with Crippen molar-refractivity contribution in [2.24, 2.45) is 0 Å². The number of hydrogen-bond acceptors (Lipinski definition) is 0. The van der Waals surface area contributed by atoms with Gasteiger partial charge in [-0.15, -0.1) is 0 Å². The predicted octanol–water partition coefficient (Wildman–Crippen LogP) is 6.78. The standard InChI is InChI=1S/C18H29Br/c1-5-7-8-9-10-17(19)15-11-13-16(14-12-15)18(3,4)6-2/h11-14,17H,5-10H2,1-4H3. The van der Waals surface area contributed by atoms with Crippen molar-refractivity contribution in [3.8, 4) is 0 Å². The number of alkyl halides is 1. The van der Waals surface area contributed by atoms with Gasteiger partial charge in [-0.05, 0) is 29.4 Å². The van der Waals surface area contributed by atoms with Crippen molar-refractivity contribution in [3.05, 3.63) is 35.4 Å². The number of unbranched alkanes of at least 4 members (excludes halogenated alkanes) is 3. The van der Waals surface area contributed by atoms with Crippen LogP contribution in [0.3, 0.4) is 0 Å². The van der Waals surface area contributed by atoms with Gasteiger partial charge >= 0.3 is 0 Å². The van der Waals surface area contributed by atoms with E-state index < -0.39 is 0 Å². The van der Waals surface area contributed by atoms with Crippen LogP contribution in [-0.4, -0.2) is 0 Å². The molecule has 1 atom stereocenters. The van der Waals surface area contributed by atoms with Gasteiger partial charge in [0.1, 0.15) is 0 Å². The Morgan fingerprint density at radius 2 is 1.63 bits per heavy atom. The molecular formula is C18H29Br. The second-order valence-electron chi connectivity index (χ2n) is 6.18. The van der Waals surface area contributed by atoms with E-state index in [2.05, 4.69) is 67.9 Å². The highest BCUT2D eigenvalue weighted by Gasteiger charge is 2.18. The van der Waals surface area contributed by atoms with Crippen LogP contribution < -0.4 is 0 Å². The maximum Gasteiger partial charge on any atom is 0.0395 e. The Labute approximate surface area is 128 Å². The molecule has 0 radical (unpaired) electrons. The lowest BCUT2D eigenvalue weighted by Crippen LogP contribution is -2.15. The lowest BCUT2D eigenvalue weighted by atomic mass is 9.82. The highest BCUT2D eigenvalue weighted by molar-refractivity contribution is 9.09. The Bertz CT molecular complexity index is 350. The summed E-state index contributed by atoms with van der Waals surface area (Å²) in [6.07, 6.45) is 7.79. The van der Waals surface area contributed by atoms with Crippen LogP contribution >= 0.6 is 15.9 Å². The maximum atomic E-state index is 3.83. The first-order valence-electron chi connectivity index (χ1n) is 7.75. The molecule has 1 aromatic rings. The largest absolute Gasteiger partial charge is 0.0839 e. The van der Waals surface area contributed by atoms with Gasteiger partial charge in [0.25, 0.3) is 0 Å². The summed E-state index contributed by atoms with van der Waals surface area (Å²) in [5.41, 5.74) is 3.16. The Morgan fingerprint density at radius 3 is 2.16 bits per heavy atom. The minimum atomic E-state index is 0.293. The zero-order valence-electron chi connectivity index (χ0n) is 13.0. The first kappa shape index (κ1) is 16.8. The third-order valence-corrected chi connectivity index (χ3v) is 5.24. The molecule has 0 aliphatic heterocycles. The molecule has 0 N–H and O–H groups in total. The normalized spacial score (nSPS) is 13.5. The van der Waals surface area contributed by atoms with Gasteiger partial charge in [0.2, 0.25) is 0 Å². The van der Waals surface area contributed by atoms with Gasteiger partial charge in [-0.2, -0.15) is 0 Å². The second-order valence-corrected chi connectivity index (χ2v) is 7.28. The van der Waals surface area contributed by atoms with Crippen LogP contribution in [0.2, 0.25) is 0 Å². The average molecular weight is 325 g/mol. The second kappa shape index (κ2) is 8.09. The summed E-state index contributed by atoms with van der Waals surface area (Å²) < 4.78 is 0. The zero-order chi connectivity index (χ0) is 14.3. The Hall–Kier alpha value is -0.300. The fourth-order valence-corrected chi connectivity index (χ4v) is 2.89. The predicted molar refractivity (Wildman–Crippen MR) is 90.2 cm³/mol. The van der Waals surface area contributed by atoms with Crippen LogP contribution in [0, 0.1) is 0 Å². The highest BCUT2D eigenvalue weighted by Crippen LogP contribution is 2.32. The van der Waals surface area contributed by atoms with E-state index in [1.165, 1.54) is 49.7 Å². The Balaban J connectivity index is 2.56. The average Bonchev–Trinajstić information content (AvgIpc) is 2.43. The minimum Gasteiger partial charge on any atom is -0.0839 e. The van der Waals surface area contributed by atoms with Gasteiger partial charge in [-0.1, -0.05) is 93.6 Å². The Morgan fingerprint density at radius 1 is 1.00 bits per heavy atom. The summed E-state index contributed by atoms with van der Waals surface area (Å²) in [5.74, 6) is 0. The van der Waals surface area contributed by atoms with E-state index in [0.29, 0.717) is 10.2 Å². The van der Waals surface area contributed by atoms with Crippen LogP contribution in [0.5, 0.6) is 0 Å². The fraction of sp³-hybridized carbons (Fsp3) is 0.667. The Kier molecular flexibility index (Phi) is 7.13. The van der Waals surface area contributed by atoms with Crippen LogP contribution in [0.15, 0.2) is 24.3 Å². The lowest BCUT2D eigenvalue weighted by molar-refractivity contribution is 0.506. The number of hydrogen-bond donors (Lipinski definition) is 0. The van der Waals surface area contributed by atoms with E-state index in [4.69, 9.17) is 0 Å². The van der Waals surface area contributed by atoms with Crippen LogP contribution in [0.25, 0.3) is 0 Å². The molecule has 1 heteroatoms. The van der Waals surface area contributed by atoms with Gasteiger partial charge < -0.3 is 0 Å². The van der Waals surface area contributed by atoms with E-state index in [9.17, 15) is 0 Å². The molecule has 0 bridgehead atoms. The van der Waals surface area contributed by atoms with Gasteiger partial charge in [0, 0.05) is 4.83 Å². The van der Waals surface area contributed by atoms with Gasteiger partial charge in [-0.25, -0.2) is 0 Å². The molecule has 0 heterocycles. The van der Waals surface area contributed by atoms with Crippen molar-refractivity contribution in [2.45, 2.75) is 76.5 Å². The molecule has 0 amide bonds. The molecule has 0 fully saturated rings. The molecule has 19 heavy (non-hydrogen) atoms. The number of rotatable bonds is 8. The quantitative estimate of drug-likeness (QED) is 0.365. The van der Waals surface area contributed by atoms with Crippen molar-refractivity contribution < 1.29 is 0 Å². The lowest BCUT2D eigenvalue weighted by Gasteiger charge is -2.24. The van der Waals surface area contributed by atoms with E-state index in [-0.39, 0.29) is 0 Å². The van der Waals surface area contributed by atoms with Crippen molar-refractivity contribution >= 4 is 15.9 Å². The number of halogens is 1. The first-order valence-corrected chi connectivity index (χ1v) is 8.67. The van der Waals surface area contributed by atoms with Crippen LogP contribution in [0.1, 0.15) is 82.2 Å². The third kappa shape index (κ3) is 5.30. The van der Waals surface area contributed by atoms with Gasteiger partial charge in [0.15, 0.2) is 0 Å². The monoisotopic (exact) mass is 324 g/mol. The molecule has 0 nitrogen and oxygen atoms in total. The molecule has 1 rings (SSSR count). The van der Waals surface area contributed by atoms with E-state index in [0.717, 1.165) is 0 Å². The summed E-state index contributed by atoms with van der Waals surface area (Å²) in [6.45, 7) is 9.16. The summed E-state index contributed by atoms with van der Waals surface area (Å²) in [7, 11) is 0. The third-order valence-electron chi connectivity index (χ3n) is 4.25. The van der Waals surface area contributed by atoms with Crippen molar-refractivity contribution in [1.82, 2.24) is 0 Å². The molecule has 1 unspecified atom stereocenters. The topological polar surface area (TPSA) is 0 Å². The summed E-state index contributed by atoms with van der Waals surface area (Å²) in [6, 6.07) is 9.20. The molecule has 0 saturated heterocycles. The molecule has 0 aliphatic carbocycles. The van der Waals surface area contributed by atoms with E-state index in [1.54, 1.807) is 0 Å². The van der Waals surface area contributed by atoms with Crippen LogP contribution in [0.4, 0.5) is 0 Å². The molecule has 108 valence electrons. The molecule has 0 saturated carbocycles. The minimum absolute atomic E-state index is 0.293. The van der Waals surface area contributed by atoms with Crippen molar-refractivity contribution in [3.63, 3.8) is 0 Å². The van der Waals surface area contributed by atoms with Crippen LogP contribution in [-0.2, 0) is 5.41 Å². The molecule has 0 aromatic heterocycles. The molecule has 1 aromatic carbocycles. The summed E-state index contributed by atoms with van der Waals surface area (Å²) in [5, 5.41) is 0. The van der Waals surface area contributed by atoms with Gasteiger partial charge in [0.05, 0.1) is 0 Å². The van der Waals surface area contributed by atoms with E-state index in [1.807, 2.05) is 0 Å². The van der Waals surface area contributed by atoms with E-state index >= 15 is 0 Å². The summed E-state index contributed by atoms with van der Waals surface area (Å²) >= 11 is 3.83. The fourth-order valence-electron chi connectivity index (χ4n) is 2.26. The number of benzene rings is 1. The highest BCUT2D eigenvalue weighted by atomic mass is 79.9.